The van der Waals surface area contributed by atoms with Gasteiger partial charge in [0, 0.05) is 18.1 Å². The van der Waals surface area contributed by atoms with Gasteiger partial charge >= 0.3 is 0 Å². The largest absolute Gasteiger partial charge is 0.312 e. The SMILES string of the molecule is Cc1cccc(CNCC2CCN(Cc3ccc(Cl)cc3)CC2)c1. The molecule has 0 radical (unpaired) electrons. The summed E-state index contributed by atoms with van der Waals surface area (Å²) in [5.41, 5.74) is 4.08. The first-order valence-corrected chi connectivity index (χ1v) is 9.30. The molecule has 1 saturated heterocycles. The van der Waals surface area contributed by atoms with E-state index in [0.717, 1.165) is 30.6 Å². The Bertz CT molecular complexity index is 631. The standard InChI is InChI=1S/C21H27ClN2/c1-17-3-2-4-20(13-17)15-23-14-18-9-11-24(12-10-18)16-19-5-7-21(22)8-6-19/h2-8,13,18,23H,9-12,14-16H2,1H3. The van der Waals surface area contributed by atoms with Crippen molar-refractivity contribution in [2.24, 2.45) is 5.92 Å². The third-order valence-corrected chi connectivity index (χ3v) is 5.12. The zero-order valence-electron chi connectivity index (χ0n) is 14.5. The molecule has 128 valence electrons. The van der Waals surface area contributed by atoms with Crippen LogP contribution >= 0.6 is 11.6 Å². The molecule has 2 nitrogen and oxygen atoms in total. The van der Waals surface area contributed by atoms with E-state index in [4.69, 9.17) is 11.6 Å². The Morgan fingerprint density at radius 1 is 1.04 bits per heavy atom. The van der Waals surface area contributed by atoms with Gasteiger partial charge in [-0.05, 0) is 68.6 Å². The first kappa shape index (κ1) is 17.5. The fourth-order valence-corrected chi connectivity index (χ4v) is 3.57. The highest BCUT2D eigenvalue weighted by atomic mass is 35.5. The van der Waals surface area contributed by atoms with Crippen LogP contribution in [0.15, 0.2) is 48.5 Å². The van der Waals surface area contributed by atoms with Gasteiger partial charge in [-0.25, -0.2) is 0 Å². The summed E-state index contributed by atoms with van der Waals surface area (Å²) in [6, 6.07) is 17.0. The topological polar surface area (TPSA) is 15.3 Å². The first-order valence-electron chi connectivity index (χ1n) is 8.92. The molecule has 0 amide bonds. The van der Waals surface area contributed by atoms with Crippen LogP contribution in [0, 0.1) is 12.8 Å². The maximum Gasteiger partial charge on any atom is 0.0406 e. The smallest absolute Gasteiger partial charge is 0.0406 e. The van der Waals surface area contributed by atoms with Gasteiger partial charge in [0.1, 0.15) is 0 Å². The van der Waals surface area contributed by atoms with E-state index in [1.165, 1.54) is 42.6 Å². The van der Waals surface area contributed by atoms with Gasteiger partial charge < -0.3 is 5.32 Å². The minimum atomic E-state index is 0.802. The predicted molar refractivity (Wildman–Crippen MR) is 102 cm³/mol. The number of nitrogens with one attached hydrogen (secondary N) is 1. The molecule has 0 unspecified atom stereocenters. The number of likely N-dealkylation sites (tertiary alicyclic amines) is 1. The van der Waals surface area contributed by atoms with Crippen LogP contribution in [-0.2, 0) is 13.1 Å². The van der Waals surface area contributed by atoms with Crippen molar-refractivity contribution < 1.29 is 0 Å². The van der Waals surface area contributed by atoms with Gasteiger partial charge in [0.05, 0.1) is 0 Å². The van der Waals surface area contributed by atoms with Gasteiger partial charge in [0.25, 0.3) is 0 Å². The molecule has 0 aliphatic carbocycles. The summed E-state index contributed by atoms with van der Waals surface area (Å²) in [7, 11) is 0. The van der Waals surface area contributed by atoms with Gasteiger partial charge in [-0.3, -0.25) is 4.90 Å². The molecule has 0 atom stereocenters. The highest BCUT2D eigenvalue weighted by Crippen LogP contribution is 2.19. The fraction of sp³-hybridized carbons (Fsp3) is 0.429. The van der Waals surface area contributed by atoms with E-state index in [1.54, 1.807) is 0 Å². The van der Waals surface area contributed by atoms with Crippen molar-refractivity contribution in [1.29, 1.82) is 0 Å². The number of rotatable bonds is 6. The molecule has 1 fully saturated rings. The van der Waals surface area contributed by atoms with Gasteiger partial charge in [-0.1, -0.05) is 53.6 Å². The van der Waals surface area contributed by atoms with Gasteiger partial charge in [-0.2, -0.15) is 0 Å². The van der Waals surface area contributed by atoms with E-state index in [9.17, 15) is 0 Å². The van der Waals surface area contributed by atoms with Crippen molar-refractivity contribution in [1.82, 2.24) is 10.2 Å². The third kappa shape index (κ3) is 5.34. The average molecular weight is 343 g/mol. The Kier molecular flexibility index (Phi) is 6.30. The number of halogens is 1. The average Bonchev–Trinajstić information content (AvgIpc) is 2.59. The Hall–Kier alpha value is -1.35. The maximum absolute atomic E-state index is 5.95. The van der Waals surface area contributed by atoms with Crippen molar-refractivity contribution in [3.63, 3.8) is 0 Å². The molecule has 3 heteroatoms. The van der Waals surface area contributed by atoms with E-state index < -0.39 is 0 Å². The number of aryl methyl sites for hydroxylation is 1. The van der Waals surface area contributed by atoms with Crippen LogP contribution in [0.4, 0.5) is 0 Å². The Morgan fingerprint density at radius 3 is 2.50 bits per heavy atom. The van der Waals surface area contributed by atoms with E-state index in [1.807, 2.05) is 12.1 Å². The lowest BCUT2D eigenvalue weighted by atomic mass is 9.96. The van der Waals surface area contributed by atoms with Crippen LogP contribution in [-0.4, -0.2) is 24.5 Å². The predicted octanol–water partition coefficient (Wildman–Crippen LogP) is 4.65. The summed E-state index contributed by atoms with van der Waals surface area (Å²) in [6.07, 6.45) is 2.57. The fourth-order valence-electron chi connectivity index (χ4n) is 3.44. The first-order chi connectivity index (χ1) is 11.7. The minimum Gasteiger partial charge on any atom is -0.312 e. The van der Waals surface area contributed by atoms with E-state index in [2.05, 4.69) is 53.5 Å². The molecule has 1 heterocycles. The molecule has 0 saturated carbocycles. The van der Waals surface area contributed by atoms with Crippen LogP contribution in [0.25, 0.3) is 0 Å². The summed E-state index contributed by atoms with van der Waals surface area (Å²) in [6.45, 7) is 7.69. The van der Waals surface area contributed by atoms with E-state index >= 15 is 0 Å². The van der Waals surface area contributed by atoms with Crippen LogP contribution in [0.1, 0.15) is 29.5 Å². The second-order valence-corrected chi connectivity index (χ2v) is 7.40. The van der Waals surface area contributed by atoms with Crippen molar-refractivity contribution in [2.75, 3.05) is 19.6 Å². The zero-order valence-corrected chi connectivity index (χ0v) is 15.2. The van der Waals surface area contributed by atoms with E-state index in [0.29, 0.717) is 0 Å². The van der Waals surface area contributed by atoms with E-state index in [-0.39, 0.29) is 0 Å². The van der Waals surface area contributed by atoms with Crippen LogP contribution in [0.5, 0.6) is 0 Å². The summed E-state index contributed by atoms with van der Waals surface area (Å²) in [5.74, 6) is 0.802. The van der Waals surface area contributed by atoms with Crippen molar-refractivity contribution in [3.8, 4) is 0 Å². The Balaban J connectivity index is 1.36. The van der Waals surface area contributed by atoms with Gasteiger partial charge in [0.15, 0.2) is 0 Å². The molecule has 0 spiro atoms. The number of benzene rings is 2. The number of nitrogens with zero attached hydrogens (tertiary/aromatic N) is 1. The summed E-state index contributed by atoms with van der Waals surface area (Å²) >= 11 is 5.95. The normalized spacial score (nSPS) is 16.4. The second kappa shape index (κ2) is 8.66. The quantitative estimate of drug-likeness (QED) is 0.822. The number of hydrogen-bond acceptors (Lipinski definition) is 2. The van der Waals surface area contributed by atoms with Gasteiger partial charge in [-0.15, -0.1) is 0 Å². The minimum absolute atomic E-state index is 0.802. The van der Waals surface area contributed by atoms with Crippen LogP contribution in [0.2, 0.25) is 5.02 Å². The summed E-state index contributed by atoms with van der Waals surface area (Å²) in [5, 5.41) is 4.45. The summed E-state index contributed by atoms with van der Waals surface area (Å²) in [4.78, 5) is 2.56. The molecule has 2 aromatic carbocycles. The Morgan fingerprint density at radius 2 is 1.79 bits per heavy atom. The molecule has 0 bridgehead atoms. The highest BCUT2D eigenvalue weighted by molar-refractivity contribution is 6.30. The van der Waals surface area contributed by atoms with Crippen molar-refractivity contribution in [3.05, 3.63) is 70.2 Å². The molecule has 3 rings (SSSR count). The summed E-state index contributed by atoms with van der Waals surface area (Å²) < 4.78 is 0. The number of piperidine rings is 1. The molecule has 24 heavy (non-hydrogen) atoms. The molecule has 2 aromatic rings. The molecule has 1 aliphatic heterocycles. The third-order valence-electron chi connectivity index (χ3n) is 4.87. The maximum atomic E-state index is 5.95. The van der Waals surface area contributed by atoms with Crippen LogP contribution in [0.3, 0.4) is 0 Å². The molecular weight excluding hydrogens is 316 g/mol. The highest BCUT2D eigenvalue weighted by Gasteiger charge is 2.18. The Labute approximate surface area is 150 Å². The zero-order chi connectivity index (χ0) is 16.8. The van der Waals surface area contributed by atoms with Crippen LogP contribution < -0.4 is 5.32 Å². The lowest BCUT2D eigenvalue weighted by Gasteiger charge is -2.32. The molecule has 0 aromatic heterocycles. The molecule has 1 N–H and O–H groups in total. The van der Waals surface area contributed by atoms with Crippen molar-refractivity contribution >= 4 is 11.6 Å². The molecule has 1 aliphatic rings. The monoisotopic (exact) mass is 342 g/mol. The lowest BCUT2D eigenvalue weighted by Crippen LogP contribution is -2.36. The van der Waals surface area contributed by atoms with Crippen molar-refractivity contribution in [2.45, 2.75) is 32.9 Å². The lowest BCUT2D eigenvalue weighted by molar-refractivity contribution is 0.175. The van der Waals surface area contributed by atoms with Gasteiger partial charge in [0.2, 0.25) is 0 Å². The second-order valence-electron chi connectivity index (χ2n) is 6.97. The number of hydrogen-bond donors (Lipinski definition) is 1. The molecular formula is C21H27ClN2.